The SMILES string of the molecule is Cc1noc(C)c1Cc1c(C(=O)N2CCC[C@@H](c3cc4ncccc4[nH]3)C2)noc1C. The summed E-state index contributed by atoms with van der Waals surface area (Å²) in [5.74, 6) is 1.56. The second-order valence-electron chi connectivity index (χ2n) is 8.30. The van der Waals surface area contributed by atoms with E-state index in [-0.39, 0.29) is 11.8 Å². The number of rotatable bonds is 4. The number of H-pyrrole nitrogens is 1. The van der Waals surface area contributed by atoms with Crippen LogP contribution < -0.4 is 0 Å². The van der Waals surface area contributed by atoms with Crippen molar-refractivity contribution in [3.63, 3.8) is 0 Å². The van der Waals surface area contributed by atoms with Gasteiger partial charge in [0.2, 0.25) is 0 Å². The van der Waals surface area contributed by atoms with Crippen LogP contribution in [-0.2, 0) is 6.42 Å². The fraction of sp³-hybridized carbons (Fsp3) is 0.391. The van der Waals surface area contributed by atoms with Crippen molar-refractivity contribution >= 4 is 16.9 Å². The zero-order valence-corrected chi connectivity index (χ0v) is 17.9. The van der Waals surface area contributed by atoms with Crippen LogP contribution in [0.15, 0.2) is 33.4 Å². The minimum absolute atomic E-state index is 0.0856. The van der Waals surface area contributed by atoms with Crippen LogP contribution in [0.2, 0.25) is 0 Å². The first-order chi connectivity index (χ1) is 15.0. The van der Waals surface area contributed by atoms with Crippen molar-refractivity contribution in [3.05, 3.63) is 64.1 Å². The molecule has 0 aromatic carbocycles. The molecule has 1 atom stereocenters. The van der Waals surface area contributed by atoms with E-state index >= 15 is 0 Å². The second kappa shape index (κ2) is 7.68. The van der Waals surface area contributed by atoms with Crippen LogP contribution in [0.5, 0.6) is 0 Å². The first-order valence-electron chi connectivity index (χ1n) is 10.6. The maximum atomic E-state index is 13.4. The highest BCUT2D eigenvalue weighted by Crippen LogP contribution is 2.30. The average molecular weight is 419 g/mol. The summed E-state index contributed by atoms with van der Waals surface area (Å²) in [7, 11) is 0. The van der Waals surface area contributed by atoms with E-state index in [1.165, 1.54) is 0 Å². The third kappa shape index (κ3) is 3.52. The molecule has 4 aromatic heterocycles. The summed E-state index contributed by atoms with van der Waals surface area (Å²) in [5, 5.41) is 8.15. The van der Waals surface area contributed by atoms with E-state index in [9.17, 15) is 4.79 Å². The Balaban J connectivity index is 1.39. The van der Waals surface area contributed by atoms with Crippen LogP contribution >= 0.6 is 0 Å². The fourth-order valence-corrected chi connectivity index (χ4v) is 4.46. The van der Waals surface area contributed by atoms with Gasteiger partial charge in [0, 0.05) is 48.4 Å². The van der Waals surface area contributed by atoms with E-state index < -0.39 is 0 Å². The van der Waals surface area contributed by atoms with Gasteiger partial charge < -0.3 is 18.9 Å². The van der Waals surface area contributed by atoms with Crippen LogP contribution in [0.1, 0.15) is 63.3 Å². The summed E-state index contributed by atoms with van der Waals surface area (Å²) in [6.07, 6.45) is 4.28. The molecule has 0 bridgehead atoms. The van der Waals surface area contributed by atoms with E-state index in [0.29, 0.717) is 31.0 Å². The minimum atomic E-state index is -0.0856. The number of pyridine rings is 1. The predicted molar refractivity (Wildman–Crippen MR) is 114 cm³/mol. The third-order valence-corrected chi connectivity index (χ3v) is 6.28. The van der Waals surface area contributed by atoms with Crippen molar-refractivity contribution in [3.8, 4) is 0 Å². The quantitative estimate of drug-likeness (QED) is 0.535. The molecule has 1 saturated heterocycles. The zero-order valence-electron chi connectivity index (χ0n) is 17.9. The fourth-order valence-electron chi connectivity index (χ4n) is 4.46. The molecule has 4 aromatic rings. The number of aromatic amines is 1. The van der Waals surface area contributed by atoms with Crippen molar-refractivity contribution in [2.45, 2.75) is 46.0 Å². The smallest absolute Gasteiger partial charge is 0.276 e. The number of nitrogens with zero attached hydrogens (tertiary/aromatic N) is 4. The molecule has 31 heavy (non-hydrogen) atoms. The first kappa shape index (κ1) is 19.5. The molecule has 1 amide bonds. The molecule has 160 valence electrons. The van der Waals surface area contributed by atoms with Gasteiger partial charge in [-0.2, -0.15) is 0 Å². The summed E-state index contributed by atoms with van der Waals surface area (Å²) in [5.41, 5.74) is 6.08. The second-order valence-corrected chi connectivity index (χ2v) is 8.30. The van der Waals surface area contributed by atoms with Gasteiger partial charge in [-0.1, -0.05) is 10.3 Å². The van der Waals surface area contributed by atoms with E-state index in [4.69, 9.17) is 9.05 Å². The van der Waals surface area contributed by atoms with Gasteiger partial charge in [0.25, 0.3) is 5.91 Å². The monoisotopic (exact) mass is 419 g/mol. The summed E-state index contributed by atoms with van der Waals surface area (Å²) in [4.78, 5) is 23.2. The zero-order chi connectivity index (χ0) is 21.5. The number of carbonyl (C=O) groups excluding carboxylic acids is 1. The topological polar surface area (TPSA) is 101 Å². The number of hydrogen-bond acceptors (Lipinski definition) is 6. The van der Waals surface area contributed by atoms with Gasteiger partial charge in [-0.15, -0.1) is 0 Å². The lowest BCUT2D eigenvalue weighted by atomic mass is 9.94. The number of fused-ring (bicyclic) bond motifs is 1. The molecule has 0 aliphatic carbocycles. The predicted octanol–water partition coefficient (Wildman–Crippen LogP) is 4.07. The molecule has 0 radical (unpaired) electrons. The lowest BCUT2D eigenvalue weighted by molar-refractivity contribution is 0.0694. The van der Waals surface area contributed by atoms with Gasteiger partial charge >= 0.3 is 0 Å². The standard InChI is InChI=1S/C23H25N5O3/c1-13-17(14(2)30-26-13)10-18-15(3)31-27-22(18)23(29)28-9-5-6-16(12-28)20-11-21-19(25-20)7-4-8-24-21/h4,7-8,11,16,25H,5-6,9-10,12H2,1-3H3/t16-/m1/s1. The molecule has 0 spiro atoms. The van der Waals surface area contributed by atoms with Crippen LogP contribution in [0, 0.1) is 20.8 Å². The van der Waals surface area contributed by atoms with Gasteiger partial charge in [-0.25, -0.2) is 0 Å². The molecule has 5 heterocycles. The van der Waals surface area contributed by atoms with Gasteiger partial charge in [0.05, 0.1) is 16.7 Å². The van der Waals surface area contributed by atoms with Crippen molar-refractivity contribution in [2.75, 3.05) is 13.1 Å². The van der Waals surface area contributed by atoms with Crippen LogP contribution in [0.4, 0.5) is 0 Å². The maximum absolute atomic E-state index is 13.4. The van der Waals surface area contributed by atoms with Crippen molar-refractivity contribution in [1.29, 1.82) is 0 Å². The lowest BCUT2D eigenvalue weighted by Crippen LogP contribution is -2.39. The molecule has 5 rings (SSSR count). The van der Waals surface area contributed by atoms with E-state index in [0.717, 1.165) is 52.2 Å². The van der Waals surface area contributed by atoms with Crippen molar-refractivity contribution in [1.82, 2.24) is 25.2 Å². The van der Waals surface area contributed by atoms with Crippen LogP contribution in [0.3, 0.4) is 0 Å². The molecule has 1 fully saturated rings. The summed E-state index contributed by atoms with van der Waals surface area (Å²) in [6, 6.07) is 6.04. The Hall–Kier alpha value is -3.42. The van der Waals surface area contributed by atoms with E-state index in [2.05, 4.69) is 26.3 Å². The Bertz CT molecular complexity index is 1200. The normalized spacial score (nSPS) is 16.9. The Morgan fingerprint density at radius 3 is 2.77 bits per heavy atom. The molecule has 8 heteroatoms. The van der Waals surface area contributed by atoms with Crippen LogP contribution in [-0.4, -0.2) is 44.2 Å². The summed E-state index contributed by atoms with van der Waals surface area (Å²) in [6.45, 7) is 6.98. The Labute approximate surface area is 179 Å². The van der Waals surface area contributed by atoms with E-state index in [1.54, 1.807) is 6.20 Å². The largest absolute Gasteiger partial charge is 0.361 e. The maximum Gasteiger partial charge on any atom is 0.276 e. The number of carbonyl (C=O) groups is 1. The Morgan fingerprint density at radius 2 is 2.00 bits per heavy atom. The highest BCUT2D eigenvalue weighted by atomic mass is 16.5. The molecule has 1 N–H and O–H groups in total. The number of aryl methyl sites for hydroxylation is 3. The molecular weight excluding hydrogens is 394 g/mol. The summed E-state index contributed by atoms with van der Waals surface area (Å²) < 4.78 is 10.7. The molecule has 8 nitrogen and oxygen atoms in total. The van der Waals surface area contributed by atoms with Gasteiger partial charge in [-0.3, -0.25) is 9.78 Å². The van der Waals surface area contributed by atoms with E-state index in [1.807, 2.05) is 37.8 Å². The van der Waals surface area contributed by atoms with Crippen LogP contribution in [0.25, 0.3) is 11.0 Å². The molecule has 0 saturated carbocycles. The third-order valence-electron chi connectivity index (χ3n) is 6.28. The number of amides is 1. The Kier molecular flexibility index (Phi) is 4.84. The number of nitrogens with one attached hydrogen (secondary N) is 1. The highest BCUT2D eigenvalue weighted by Gasteiger charge is 2.31. The number of aromatic nitrogens is 4. The van der Waals surface area contributed by atoms with Gasteiger partial charge in [0.15, 0.2) is 5.69 Å². The number of piperidine rings is 1. The number of hydrogen-bond donors (Lipinski definition) is 1. The van der Waals surface area contributed by atoms with Gasteiger partial charge in [0.1, 0.15) is 11.5 Å². The summed E-state index contributed by atoms with van der Waals surface area (Å²) >= 11 is 0. The molecule has 0 unspecified atom stereocenters. The highest BCUT2D eigenvalue weighted by molar-refractivity contribution is 5.94. The average Bonchev–Trinajstić information content (AvgIpc) is 3.47. The van der Waals surface area contributed by atoms with Crippen molar-refractivity contribution < 1.29 is 13.8 Å². The molecule has 1 aliphatic rings. The number of likely N-dealkylation sites (tertiary alicyclic amines) is 1. The molecular formula is C23H25N5O3. The first-order valence-corrected chi connectivity index (χ1v) is 10.6. The lowest BCUT2D eigenvalue weighted by Gasteiger charge is -2.32. The molecule has 1 aliphatic heterocycles. The minimum Gasteiger partial charge on any atom is -0.361 e. The van der Waals surface area contributed by atoms with Crippen molar-refractivity contribution in [2.24, 2.45) is 0 Å². The van der Waals surface area contributed by atoms with Gasteiger partial charge in [-0.05, 0) is 51.8 Å². The Morgan fingerprint density at radius 1 is 1.19 bits per heavy atom.